The third-order valence-electron chi connectivity index (χ3n) is 5.33. The predicted octanol–water partition coefficient (Wildman–Crippen LogP) is 2.32. The van der Waals surface area contributed by atoms with Gasteiger partial charge >= 0.3 is 5.97 Å². The van der Waals surface area contributed by atoms with Gasteiger partial charge in [0.1, 0.15) is 5.69 Å². The summed E-state index contributed by atoms with van der Waals surface area (Å²) >= 11 is 5.82. The first-order valence-corrected chi connectivity index (χ1v) is 8.10. The second-order valence-corrected chi connectivity index (χ2v) is 7.09. The largest absolute Gasteiger partial charge is 0.481 e. The van der Waals surface area contributed by atoms with E-state index < -0.39 is 11.9 Å². The van der Waals surface area contributed by atoms with E-state index >= 15 is 0 Å². The number of likely N-dealkylation sites (tertiary alicyclic amines) is 1. The molecule has 0 amide bonds. The molecule has 124 valence electrons. The molecular formula is C15H16ClF2N3O2. The molecule has 1 aliphatic heterocycles. The highest BCUT2D eigenvalue weighted by molar-refractivity contribution is 6.28. The molecule has 2 fully saturated rings. The first-order valence-electron chi connectivity index (χ1n) is 7.73. The number of carboxylic acid groups (broad SMARTS) is 1. The molecule has 4 rings (SSSR count). The van der Waals surface area contributed by atoms with Gasteiger partial charge in [-0.2, -0.15) is 8.78 Å². The van der Waals surface area contributed by atoms with Gasteiger partial charge in [0.25, 0.3) is 5.92 Å². The highest BCUT2D eigenvalue weighted by atomic mass is 35.5. The minimum Gasteiger partial charge on any atom is -0.481 e. The van der Waals surface area contributed by atoms with Gasteiger partial charge in [-0.25, -0.2) is 9.97 Å². The molecule has 23 heavy (non-hydrogen) atoms. The van der Waals surface area contributed by atoms with Crippen LogP contribution in [0.1, 0.15) is 29.8 Å². The summed E-state index contributed by atoms with van der Waals surface area (Å²) in [5.41, 5.74) is 0.899. The predicted molar refractivity (Wildman–Crippen MR) is 77.3 cm³/mol. The average Bonchev–Trinajstić information content (AvgIpc) is 2.81. The monoisotopic (exact) mass is 343 g/mol. The molecule has 1 N–H and O–H groups in total. The number of piperidine rings is 1. The van der Waals surface area contributed by atoms with E-state index in [2.05, 4.69) is 14.9 Å². The maximum absolute atomic E-state index is 13.8. The van der Waals surface area contributed by atoms with E-state index in [-0.39, 0.29) is 36.2 Å². The van der Waals surface area contributed by atoms with Gasteiger partial charge < -0.3 is 5.11 Å². The number of hydrogen-bond acceptors (Lipinski definition) is 4. The first kappa shape index (κ1) is 15.2. The fourth-order valence-electron chi connectivity index (χ4n) is 4.18. The molecule has 5 nitrogen and oxygen atoms in total. The van der Waals surface area contributed by atoms with E-state index in [0.717, 1.165) is 13.1 Å². The van der Waals surface area contributed by atoms with Crippen LogP contribution >= 0.6 is 11.6 Å². The van der Waals surface area contributed by atoms with E-state index in [1.807, 2.05) is 0 Å². The molecule has 8 heteroatoms. The number of hydrogen-bond donors (Lipinski definition) is 1. The lowest BCUT2D eigenvalue weighted by Gasteiger charge is -2.20. The summed E-state index contributed by atoms with van der Waals surface area (Å²) in [5, 5.41) is 8.72. The number of carboxylic acids is 1. The van der Waals surface area contributed by atoms with Gasteiger partial charge in [-0.15, -0.1) is 0 Å². The average molecular weight is 344 g/mol. The topological polar surface area (TPSA) is 66.3 Å². The van der Waals surface area contributed by atoms with Gasteiger partial charge in [0.15, 0.2) is 0 Å². The van der Waals surface area contributed by atoms with Crippen molar-refractivity contribution in [3.63, 3.8) is 0 Å². The van der Waals surface area contributed by atoms with Crippen LogP contribution in [0.15, 0.2) is 0 Å². The Kier molecular flexibility index (Phi) is 3.36. The summed E-state index contributed by atoms with van der Waals surface area (Å²) in [6, 6.07) is 0. The van der Waals surface area contributed by atoms with Crippen LogP contribution in [0.4, 0.5) is 8.78 Å². The number of nitrogens with zero attached hydrogens (tertiary/aromatic N) is 3. The Morgan fingerprint density at radius 2 is 2.04 bits per heavy atom. The fourth-order valence-corrected chi connectivity index (χ4v) is 4.37. The molecule has 1 saturated heterocycles. The van der Waals surface area contributed by atoms with Crippen molar-refractivity contribution in [2.75, 3.05) is 13.1 Å². The van der Waals surface area contributed by atoms with Crippen molar-refractivity contribution in [2.45, 2.75) is 31.7 Å². The second-order valence-electron chi connectivity index (χ2n) is 6.75. The Morgan fingerprint density at radius 3 is 2.70 bits per heavy atom. The minimum absolute atomic E-state index is 0.131. The normalized spacial score (nSPS) is 31.0. The fraction of sp³-hybridized carbons (Fsp3) is 0.667. The quantitative estimate of drug-likeness (QED) is 0.850. The molecular weight excluding hydrogens is 328 g/mol. The molecule has 0 bridgehead atoms. The van der Waals surface area contributed by atoms with Gasteiger partial charge in [0.2, 0.25) is 5.28 Å². The van der Waals surface area contributed by atoms with Crippen LogP contribution in [0.25, 0.3) is 0 Å². The van der Waals surface area contributed by atoms with Crippen molar-refractivity contribution < 1.29 is 18.7 Å². The summed E-state index contributed by atoms with van der Waals surface area (Å²) in [7, 11) is 0. The molecule has 1 unspecified atom stereocenters. The van der Waals surface area contributed by atoms with Gasteiger partial charge in [-0.3, -0.25) is 9.69 Å². The van der Waals surface area contributed by atoms with Crippen molar-refractivity contribution in [3.8, 4) is 0 Å². The van der Waals surface area contributed by atoms with Crippen molar-refractivity contribution in [2.24, 2.45) is 17.8 Å². The lowest BCUT2D eigenvalue weighted by atomic mass is 10.1. The lowest BCUT2D eigenvalue weighted by Crippen LogP contribution is -2.26. The lowest BCUT2D eigenvalue weighted by molar-refractivity contribution is -0.137. The van der Waals surface area contributed by atoms with Crippen LogP contribution in [-0.2, 0) is 23.7 Å². The van der Waals surface area contributed by atoms with Crippen LogP contribution in [0.2, 0.25) is 5.28 Å². The SMILES string of the molecule is O=C(O)CC1[C@H]2CN(Cc3nc(Cl)nc4c3CCC4(F)F)C[C@@H]12. The number of fused-ring (bicyclic) bond motifs is 2. The number of carbonyl (C=O) groups is 1. The molecule has 3 aliphatic rings. The van der Waals surface area contributed by atoms with Crippen molar-refractivity contribution in [3.05, 3.63) is 22.2 Å². The first-order chi connectivity index (χ1) is 10.8. The molecule has 1 aromatic heterocycles. The number of aliphatic carboxylic acids is 1. The number of halogens is 3. The summed E-state index contributed by atoms with van der Waals surface area (Å²) in [4.78, 5) is 20.8. The van der Waals surface area contributed by atoms with Gasteiger partial charge in [-0.05, 0) is 35.8 Å². The Labute approximate surface area is 136 Å². The Balaban J connectivity index is 1.47. The number of alkyl halides is 2. The molecule has 1 aromatic rings. The van der Waals surface area contributed by atoms with Crippen LogP contribution in [0, 0.1) is 17.8 Å². The Bertz CT molecular complexity index is 673. The van der Waals surface area contributed by atoms with Crippen molar-refractivity contribution >= 4 is 17.6 Å². The third-order valence-corrected chi connectivity index (χ3v) is 5.50. The van der Waals surface area contributed by atoms with Gasteiger partial charge in [0.05, 0.1) is 5.69 Å². The smallest absolute Gasteiger partial charge is 0.303 e. The maximum atomic E-state index is 13.8. The minimum atomic E-state index is -2.92. The molecule has 3 atom stereocenters. The number of rotatable bonds is 4. The second kappa shape index (κ2) is 5.08. The van der Waals surface area contributed by atoms with Crippen LogP contribution in [0.3, 0.4) is 0 Å². The standard InChI is InChI=1S/C15H16ClF2N3O2/c16-14-19-11(7-1-2-15(17,18)13(7)20-14)6-21-4-9-8(3-12(22)23)10(9)5-21/h8-10H,1-6H2,(H,22,23)/t8?,9-,10+. The van der Waals surface area contributed by atoms with E-state index in [1.54, 1.807) is 0 Å². The van der Waals surface area contributed by atoms with Crippen molar-refractivity contribution in [1.82, 2.24) is 14.9 Å². The molecule has 0 radical (unpaired) electrons. The Hall–Kier alpha value is -1.34. The molecule has 2 aliphatic carbocycles. The van der Waals surface area contributed by atoms with E-state index in [4.69, 9.17) is 16.7 Å². The number of aromatic nitrogens is 2. The highest BCUT2D eigenvalue weighted by Crippen LogP contribution is 2.54. The van der Waals surface area contributed by atoms with Gasteiger partial charge in [0, 0.05) is 38.0 Å². The Morgan fingerprint density at radius 1 is 1.35 bits per heavy atom. The van der Waals surface area contributed by atoms with Gasteiger partial charge in [-0.1, -0.05) is 0 Å². The van der Waals surface area contributed by atoms with E-state index in [0.29, 0.717) is 29.6 Å². The summed E-state index contributed by atoms with van der Waals surface area (Å²) in [6.07, 6.45) is 0.262. The summed E-state index contributed by atoms with van der Waals surface area (Å²) < 4.78 is 27.7. The molecule has 0 aromatic carbocycles. The highest BCUT2D eigenvalue weighted by Gasteiger charge is 2.56. The zero-order valence-corrected chi connectivity index (χ0v) is 13.1. The molecule has 2 heterocycles. The van der Waals surface area contributed by atoms with Crippen molar-refractivity contribution in [1.29, 1.82) is 0 Å². The van der Waals surface area contributed by atoms with Crippen LogP contribution in [0.5, 0.6) is 0 Å². The zero-order valence-electron chi connectivity index (χ0n) is 12.3. The van der Waals surface area contributed by atoms with E-state index in [9.17, 15) is 13.6 Å². The van der Waals surface area contributed by atoms with Crippen LogP contribution < -0.4 is 0 Å². The molecule has 1 saturated carbocycles. The maximum Gasteiger partial charge on any atom is 0.303 e. The molecule has 0 spiro atoms. The van der Waals surface area contributed by atoms with Crippen LogP contribution in [-0.4, -0.2) is 39.0 Å². The zero-order chi connectivity index (χ0) is 16.4. The summed E-state index contributed by atoms with van der Waals surface area (Å²) in [5.74, 6) is -2.57. The van der Waals surface area contributed by atoms with E-state index in [1.165, 1.54) is 0 Å². The third kappa shape index (κ3) is 2.59. The summed E-state index contributed by atoms with van der Waals surface area (Å²) in [6.45, 7) is 2.08.